The van der Waals surface area contributed by atoms with Crippen molar-refractivity contribution in [2.45, 2.75) is 33.4 Å². The van der Waals surface area contributed by atoms with Crippen LogP contribution in [0, 0.1) is 18.8 Å². The molecule has 1 aliphatic heterocycles. The zero-order chi connectivity index (χ0) is 21.4. The van der Waals surface area contributed by atoms with E-state index in [1.807, 2.05) is 12.1 Å². The molecule has 2 heterocycles. The Balaban J connectivity index is 1.49. The third kappa shape index (κ3) is 4.18. The third-order valence-corrected chi connectivity index (χ3v) is 6.11. The Hall–Kier alpha value is -2.50. The van der Waals surface area contributed by atoms with Crippen molar-refractivity contribution in [1.82, 2.24) is 9.88 Å². The van der Waals surface area contributed by atoms with Gasteiger partial charge in [-0.2, -0.15) is 0 Å². The molecule has 4 rings (SSSR count). The number of aromatic amines is 1. The van der Waals surface area contributed by atoms with Crippen LogP contribution in [0.2, 0.25) is 5.02 Å². The number of hydrogen-bond acceptors (Lipinski definition) is 3. The summed E-state index contributed by atoms with van der Waals surface area (Å²) in [4.78, 5) is 16.3. The van der Waals surface area contributed by atoms with E-state index < -0.39 is 5.97 Å². The van der Waals surface area contributed by atoms with E-state index in [1.54, 1.807) is 6.20 Å². The summed E-state index contributed by atoms with van der Waals surface area (Å²) in [6.07, 6.45) is 1.72. The van der Waals surface area contributed by atoms with Crippen LogP contribution in [-0.4, -0.2) is 34.0 Å². The number of likely N-dealkylation sites (tertiary alicyclic amines) is 1. The van der Waals surface area contributed by atoms with Crippen LogP contribution in [0.15, 0.2) is 42.6 Å². The standard InChI is InChI=1S/C24H27ClN2O3/c1-14(2)23(17-5-6-21-19(9-17)20(25)10-26-21)30-22-7-4-16(8-15(22)3)11-27-12-18(13-27)24(28)29/h4-10,14,18,23,26H,11-13H2,1-3H3,(H,28,29). The average molecular weight is 427 g/mol. The average Bonchev–Trinajstić information content (AvgIpc) is 3.03. The fraction of sp³-hybridized carbons (Fsp3) is 0.375. The Morgan fingerprint density at radius 2 is 2.03 bits per heavy atom. The first-order valence-corrected chi connectivity index (χ1v) is 10.7. The number of nitrogens with zero attached hydrogens (tertiary/aromatic N) is 1. The molecule has 5 nitrogen and oxygen atoms in total. The fourth-order valence-corrected chi connectivity index (χ4v) is 4.27. The van der Waals surface area contributed by atoms with Gasteiger partial charge >= 0.3 is 5.97 Å². The Morgan fingerprint density at radius 3 is 2.70 bits per heavy atom. The molecule has 0 spiro atoms. The van der Waals surface area contributed by atoms with Crippen molar-refractivity contribution in [2.24, 2.45) is 11.8 Å². The number of aliphatic carboxylic acids is 1. The molecule has 1 saturated heterocycles. The summed E-state index contributed by atoms with van der Waals surface area (Å²) < 4.78 is 6.46. The van der Waals surface area contributed by atoms with Gasteiger partial charge in [-0.25, -0.2) is 0 Å². The van der Waals surface area contributed by atoms with E-state index >= 15 is 0 Å². The lowest BCUT2D eigenvalue weighted by Crippen LogP contribution is -2.49. The monoisotopic (exact) mass is 426 g/mol. The molecule has 2 N–H and O–H groups in total. The van der Waals surface area contributed by atoms with Gasteiger partial charge in [0.05, 0.1) is 10.9 Å². The number of rotatable bonds is 7. The number of aromatic nitrogens is 1. The smallest absolute Gasteiger partial charge is 0.309 e. The van der Waals surface area contributed by atoms with Crippen LogP contribution in [0.4, 0.5) is 0 Å². The molecule has 1 fully saturated rings. The zero-order valence-corrected chi connectivity index (χ0v) is 18.2. The molecule has 1 atom stereocenters. The van der Waals surface area contributed by atoms with E-state index in [-0.39, 0.29) is 17.9 Å². The van der Waals surface area contributed by atoms with Gasteiger partial charge in [-0.15, -0.1) is 0 Å². The Morgan fingerprint density at radius 1 is 1.27 bits per heavy atom. The second kappa shape index (κ2) is 8.32. The largest absolute Gasteiger partial charge is 0.485 e. The Bertz CT molecular complexity index is 1070. The van der Waals surface area contributed by atoms with Gasteiger partial charge in [-0.3, -0.25) is 9.69 Å². The summed E-state index contributed by atoms with van der Waals surface area (Å²) in [5.41, 5.74) is 4.37. The number of carboxylic acid groups (broad SMARTS) is 1. The number of aryl methyl sites for hydroxylation is 1. The minimum absolute atomic E-state index is 0.0865. The molecule has 30 heavy (non-hydrogen) atoms. The third-order valence-electron chi connectivity index (χ3n) is 5.80. The number of carboxylic acids is 1. The molecular formula is C24H27ClN2O3. The van der Waals surface area contributed by atoms with Crippen molar-refractivity contribution >= 4 is 28.5 Å². The maximum atomic E-state index is 11.0. The second-order valence-corrected chi connectivity index (χ2v) is 8.96. The minimum Gasteiger partial charge on any atom is -0.485 e. The topological polar surface area (TPSA) is 65.6 Å². The molecule has 6 heteroatoms. The van der Waals surface area contributed by atoms with Crippen molar-refractivity contribution in [2.75, 3.05) is 13.1 Å². The Labute approximate surface area is 181 Å². The molecule has 1 unspecified atom stereocenters. The van der Waals surface area contributed by atoms with Crippen LogP contribution in [0.25, 0.3) is 10.9 Å². The lowest BCUT2D eigenvalue weighted by atomic mass is 9.97. The maximum Gasteiger partial charge on any atom is 0.309 e. The summed E-state index contributed by atoms with van der Waals surface area (Å²) in [6.45, 7) is 8.36. The molecule has 0 bridgehead atoms. The van der Waals surface area contributed by atoms with E-state index in [9.17, 15) is 4.79 Å². The number of nitrogens with one attached hydrogen (secondary N) is 1. The number of carbonyl (C=O) groups is 1. The predicted octanol–water partition coefficient (Wildman–Crippen LogP) is 5.42. The highest BCUT2D eigenvalue weighted by Gasteiger charge is 2.32. The molecule has 2 aromatic carbocycles. The molecule has 0 amide bonds. The first kappa shape index (κ1) is 20.8. The van der Waals surface area contributed by atoms with Gasteiger partial charge in [-0.1, -0.05) is 43.6 Å². The first-order chi connectivity index (χ1) is 14.3. The van der Waals surface area contributed by atoms with Crippen LogP contribution in [-0.2, 0) is 11.3 Å². The van der Waals surface area contributed by atoms with Crippen molar-refractivity contribution in [3.05, 3.63) is 64.3 Å². The van der Waals surface area contributed by atoms with E-state index in [4.69, 9.17) is 21.4 Å². The van der Waals surface area contributed by atoms with Crippen LogP contribution in [0.3, 0.4) is 0 Å². The highest BCUT2D eigenvalue weighted by Crippen LogP contribution is 2.34. The predicted molar refractivity (Wildman–Crippen MR) is 119 cm³/mol. The molecule has 158 valence electrons. The van der Waals surface area contributed by atoms with Gasteiger partial charge < -0.3 is 14.8 Å². The number of hydrogen-bond donors (Lipinski definition) is 2. The Kier molecular flexibility index (Phi) is 5.76. The molecule has 3 aromatic rings. The van der Waals surface area contributed by atoms with Crippen LogP contribution < -0.4 is 4.74 Å². The van der Waals surface area contributed by atoms with Gasteiger partial charge in [0.25, 0.3) is 0 Å². The summed E-state index contributed by atoms with van der Waals surface area (Å²) in [5.74, 6) is 0.217. The minimum atomic E-state index is -0.704. The van der Waals surface area contributed by atoms with Crippen molar-refractivity contribution in [1.29, 1.82) is 0 Å². The second-order valence-electron chi connectivity index (χ2n) is 8.55. The van der Waals surface area contributed by atoms with Crippen LogP contribution in [0.5, 0.6) is 5.75 Å². The van der Waals surface area contributed by atoms with Gasteiger partial charge in [0.15, 0.2) is 0 Å². The number of halogens is 1. The number of H-pyrrole nitrogens is 1. The van der Waals surface area contributed by atoms with Gasteiger partial charge in [0.1, 0.15) is 11.9 Å². The summed E-state index contributed by atoms with van der Waals surface area (Å²) in [6, 6.07) is 12.5. The molecular weight excluding hydrogens is 400 g/mol. The molecule has 1 aliphatic rings. The summed E-state index contributed by atoms with van der Waals surface area (Å²) in [7, 11) is 0. The number of ether oxygens (including phenoxy) is 1. The van der Waals surface area contributed by atoms with E-state index in [0.29, 0.717) is 18.1 Å². The van der Waals surface area contributed by atoms with E-state index in [0.717, 1.165) is 34.3 Å². The maximum absolute atomic E-state index is 11.0. The molecule has 0 radical (unpaired) electrons. The van der Waals surface area contributed by atoms with Crippen molar-refractivity contribution < 1.29 is 14.6 Å². The van der Waals surface area contributed by atoms with E-state index in [1.165, 1.54) is 5.56 Å². The van der Waals surface area contributed by atoms with Crippen molar-refractivity contribution in [3.8, 4) is 5.75 Å². The van der Waals surface area contributed by atoms with Gasteiger partial charge in [-0.05, 0) is 47.7 Å². The van der Waals surface area contributed by atoms with Crippen LogP contribution >= 0.6 is 11.6 Å². The van der Waals surface area contributed by atoms with Gasteiger partial charge in [0.2, 0.25) is 0 Å². The van der Waals surface area contributed by atoms with Crippen LogP contribution in [0.1, 0.15) is 36.6 Å². The van der Waals surface area contributed by atoms with Gasteiger partial charge in [0, 0.05) is 36.7 Å². The number of benzene rings is 2. The quantitative estimate of drug-likeness (QED) is 0.529. The lowest BCUT2D eigenvalue weighted by Gasteiger charge is -2.36. The highest BCUT2D eigenvalue weighted by molar-refractivity contribution is 6.35. The summed E-state index contributed by atoms with van der Waals surface area (Å²) >= 11 is 6.31. The fourth-order valence-electron chi connectivity index (χ4n) is 4.06. The van der Waals surface area contributed by atoms with E-state index in [2.05, 4.69) is 54.9 Å². The zero-order valence-electron chi connectivity index (χ0n) is 17.5. The first-order valence-electron chi connectivity index (χ1n) is 10.3. The normalized spacial score (nSPS) is 16.0. The lowest BCUT2D eigenvalue weighted by molar-refractivity contribution is -0.147. The highest BCUT2D eigenvalue weighted by atomic mass is 35.5. The SMILES string of the molecule is Cc1cc(CN2CC(C(=O)O)C2)ccc1OC(c1ccc2[nH]cc(Cl)c2c1)C(C)C. The molecule has 0 aliphatic carbocycles. The summed E-state index contributed by atoms with van der Waals surface area (Å²) in [5, 5.41) is 10.7. The molecule has 1 aromatic heterocycles. The van der Waals surface area contributed by atoms with Crippen molar-refractivity contribution in [3.63, 3.8) is 0 Å². The molecule has 0 saturated carbocycles. The number of fused-ring (bicyclic) bond motifs is 1.